The molecule has 3 aromatic heterocycles. The monoisotopic (exact) mass is 331 g/mol. The smallest absolute Gasteiger partial charge is 0.261 e. The van der Waals surface area contributed by atoms with Gasteiger partial charge in [-0.15, -0.1) is 22.7 Å². The molecule has 0 radical (unpaired) electrons. The van der Waals surface area contributed by atoms with Gasteiger partial charge in [0.1, 0.15) is 5.82 Å². The van der Waals surface area contributed by atoms with Gasteiger partial charge in [0.2, 0.25) is 0 Å². The Morgan fingerprint density at radius 3 is 2.95 bits per heavy atom. The van der Waals surface area contributed by atoms with Crippen molar-refractivity contribution in [2.75, 3.05) is 6.54 Å². The topological polar surface area (TPSA) is 46.9 Å². The van der Waals surface area contributed by atoms with Crippen molar-refractivity contribution in [3.05, 3.63) is 51.4 Å². The number of thiophene rings is 2. The molecule has 0 atom stereocenters. The molecule has 114 valence electrons. The highest BCUT2D eigenvalue weighted by Crippen LogP contribution is 2.23. The number of aromatic nitrogens is 2. The molecule has 0 saturated heterocycles. The Balaban J connectivity index is 1.59. The number of hydrogen-bond acceptors (Lipinski definition) is 4. The Kier molecular flexibility index (Phi) is 4.40. The van der Waals surface area contributed by atoms with Gasteiger partial charge in [-0.05, 0) is 35.4 Å². The second-order valence-electron chi connectivity index (χ2n) is 5.12. The summed E-state index contributed by atoms with van der Waals surface area (Å²) in [5.41, 5.74) is 2.12. The number of carbonyl (C=O) groups excluding carboxylic acids is 1. The third-order valence-electron chi connectivity index (χ3n) is 3.33. The Hall–Kier alpha value is -1.92. The van der Waals surface area contributed by atoms with Gasteiger partial charge in [-0.25, -0.2) is 4.98 Å². The van der Waals surface area contributed by atoms with Crippen molar-refractivity contribution in [2.24, 2.45) is 7.05 Å². The summed E-state index contributed by atoms with van der Waals surface area (Å²) in [5, 5.41) is 6.99. The minimum atomic E-state index is -0.00853. The Morgan fingerprint density at radius 1 is 1.41 bits per heavy atom. The van der Waals surface area contributed by atoms with Crippen molar-refractivity contribution in [3.63, 3.8) is 0 Å². The molecule has 0 bridgehead atoms. The molecule has 1 N–H and O–H groups in total. The molecule has 0 saturated carbocycles. The number of amides is 1. The van der Waals surface area contributed by atoms with Gasteiger partial charge < -0.3 is 9.88 Å². The molecule has 0 aliphatic rings. The molecule has 4 nitrogen and oxygen atoms in total. The lowest BCUT2D eigenvalue weighted by Crippen LogP contribution is -2.25. The Labute approximate surface area is 137 Å². The summed E-state index contributed by atoms with van der Waals surface area (Å²) in [5.74, 6) is 0.969. The first kappa shape index (κ1) is 15.0. The first-order chi connectivity index (χ1) is 10.6. The maximum atomic E-state index is 12.0. The number of aryl methyl sites for hydroxylation is 2. The van der Waals surface area contributed by atoms with Crippen LogP contribution in [0.2, 0.25) is 0 Å². The summed E-state index contributed by atoms with van der Waals surface area (Å²) in [6, 6.07) is 6.00. The molecule has 0 aliphatic heterocycles. The fourth-order valence-electron chi connectivity index (χ4n) is 2.21. The van der Waals surface area contributed by atoms with Crippen molar-refractivity contribution < 1.29 is 4.79 Å². The zero-order valence-electron chi connectivity index (χ0n) is 12.5. The molecule has 3 rings (SSSR count). The van der Waals surface area contributed by atoms with Crippen LogP contribution in [0, 0.1) is 6.92 Å². The van der Waals surface area contributed by atoms with E-state index < -0.39 is 0 Å². The van der Waals surface area contributed by atoms with Gasteiger partial charge in [0.05, 0.1) is 15.4 Å². The van der Waals surface area contributed by atoms with Crippen LogP contribution < -0.4 is 5.32 Å². The number of rotatable bonds is 5. The lowest BCUT2D eigenvalue weighted by molar-refractivity contribution is 0.0958. The van der Waals surface area contributed by atoms with E-state index in [1.54, 1.807) is 11.3 Å². The third kappa shape index (κ3) is 3.28. The van der Waals surface area contributed by atoms with Crippen LogP contribution in [0.15, 0.2) is 35.2 Å². The van der Waals surface area contributed by atoms with E-state index in [-0.39, 0.29) is 5.91 Å². The number of carbonyl (C=O) groups is 1. The molecule has 0 fully saturated rings. The van der Waals surface area contributed by atoms with Crippen LogP contribution in [0.5, 0.6) is 0 Å². The van der Waals surface area contributed by atoms with Gasteiger partial charge in [-0.1, -0.05) is 6.07 Å². The molecule has 0 unspecified atom stereocenters. The number of imidazole rings is 1. The summed E-state index contributed by atoms with van der Waals surface area (Å²) < 4.78 is 2.02. The molecule has 1 amide bonds. The minimum absolute atomic E-state index is 0.00853. The SMILES string of the molecule is Cc1csc(C(=O)NCCc2nc(-c3cccs3)cn2C)c1. The third-order valence-corrected chi connectivity index (χ3v) is 5.27. The van der Waals surface area contributed by atoms with Gasteiger partial charge >= 0.3 is 0 Å². The van der Waals surface area contributed by atoms with Crippen molar-refractivity contribution in [1.29, 1.82) is 0 Å². The summed E-state index contributed by atoms with van der Waals surface area (Å²) in [7, 11) is 1.99. The largest absolute Gasteiger partial charge is 0.351 e. The maximum absolute atomic E-state index is 12.0. The van der Waals surface area contributed by atoms with Crippen LogP contribution in [0.25, 0.3) is 10.6 Å². The highest BCUT2D eigenvalue weighted by molar-refractivity contribution is 7.13. The molecule has 3 heterocycles. The second kappa shape index (κ2) is 6.46. The predicted molar refractivity (Wildman–Crippen MR) is 91.6 cm³/mol. The van der Waals surface area contributed by atoms with E-state index in [0.717, 1.165) is 28.4 Å². The predicted octanol–water partition coefficient (Wildman–Crippen LogP) is 3.49. The Morgan fingerprint density at radius 2 is 2.27 bits per heavy atom. The molecule has 6 heteroatoms. The van der Waals surface area contributed by atoms with Crippen LogP contribution in [0.3, 0.4) is 0 Å². The van der Waals surface area contributed by atoms with E-state index in [1.165, 1.54) is 16.2 Å². The average Bonchev–Trinajstić information content (AvgIpc) is 3.20. The highest BCUT2D eigenvalue weighted by atomic mass is 32.1. The van der Waals surface area contributed by atoms with E-state index in [0.29, 0.717) is 6.54 Å². The minimum Gasteiger partial charge on any atom is -0.351 e. The summed E-state index contributed by atoms with van der Waals surface area (Å²) in [6.07, 6.45) is 2.75. The first-order valence-electron chi connectivity index (χ1n) is 7.03. The fraction of sp³-hybridized carbons (Fsp3) is 0.250. The first-order valence-corrected chi connectivity index (χ1v) is 8.79. The number of hydrogen-bond donors (Lipinski definition) is 1. The van der Waals surface area contributed by atoms with Crippen LogP contribution in [0.4, 0.5) is 0 Å². The zero-order valence-corrected chi connectivity index (χ0v) is 14.1. The summed E-state index contributed by atoms with van der Waals surface area (Å²) in [6.45, 7) is 2.58. The molecular weight excluding hydrogens is 314 g/mol. The zero-order chi connectivity index (χ0) is 15.5. The van der Waals surface area contributed by atoms with Crippen LogP contribution in [0.1, 0.15) is 21.1 Å². The molecule has 22 heavy (non-hydrogen) atoms. The second-order valence-corrected chi connectivity index (χ2v) is 6.98. The average molecular weight is 331 g/mol. The fourth-order valence-corrected chi connectivity index (χ4v) is 3.70. The molecule has 0 aromatic carbocycles. The van der Waals surface area contributed by atoms with Gasteiger partial charge in [0.15, 0.2) is 0 Å². The lowest BCUT2D eigenvalue weighted by Gasteiger charge is -2.03. The number of nitrogens with zero attached hydrogens (tertiary/aromatic N) is 2. The van der Waals surface area contributed by atoms with E-state index in [1.807, 2.05) is 47.6 Å². The quantitative estimate of drug-likeness (QED) is 0.778. The van der Waals surface area contributed by atoms with Crippen molar-refractivity contribution in [3.8, 4) is 10.6 Å². The normalized spacial score (nSPS) is 10.8. The standard InChI is InChI=1S/C16H17N3OS2/c1-11-8-14(22-10-11)16(20)17-6-5-15-18-12(9-19(15)2)13-4-3-7-21-13/h3-4,7-10H,5-6H2,1-2H3,(H,17,20). The summed E-state index contributed by atoms with van der Waals surface area (Å²) in [4.78, 5) is 18.6. The van der Waals surface area contributed by atoms with E-state index in [4.69, 9.17) is 0 Å². The molecular formula is C16H17N3OS2. The van der Waals surface area contributed by atoms with Crippen LogP contribution in [-0.2, 0) is 13.5 Å². The summed E-state index contributed by atoms with van der Waals surface area (Å²) >= 11 is 3.16. The van der Waals surface area contributed by atoms with Gasteiger partial charge in [-0.3, -0.25) is 4.79 Å². The van der Waals surface area contributed by atoms with E-state index in [2.05, 4.69) is 16.4 Å². The number of nitrogens with one attached hydrogen (secondary N) is 1. The highest BCUT2D eigenvalue weighted by Gasteiger charge is 2.10. The van der Waals surface area contributed by atoms with Crippen LogP contribution >= 0.6 is 22.7 Å². The maximum Gasteiger partial charge on any atom is 0.261 e. The molecule has 3 aromatic rings. The van der Waals surface area contributed by atoms with Crippen molar-refractivity contribution in [2.45, 2.75) is 13.3 Å². The van der Waals surface area contributed by atoms with Crippen molar-refractivity contribution in [1.82, 2.24) is 14.9 Å². The van der Waals surface area contributed by atoms with E-state index >= 15 is 0 Å². The van der Waals surface area contributed by atoms with Gasteiger partial charge in [0, 0.05) is 26.2 Å². The van der Waals surface area contributed by atoms with Crippen molar-refractivity contribution >= 4 is 28.6 Å². The van der Waals surface area contributed by atoms with Crippen LogP contribution in [-0.4, -0.2) is 22.0 Å². The van der Waals surface area contributed by atoms with E-state index in [9.17, 15) is 4.79 Å². The Bertz CT molecular complexity index is 771. The van der Waals surface area contributed by atoms with Gasteiger partial charge in [-0.2, -0.15) is 0 Å². The lowest BCUT2D eigenvalue weighted by atomic mass is 10.3. The van der Waals surface area contributed by atoms with Gasteiger partial charge in [0.25, 0.3) is 5.91 Å². The molecule has 0 spiro atoms. The molecule has 0 aliphatic carbocycles.